The Morgan fingerprint density at radius 2 is 2.18 bits per heavy atom. The van der Waals surface area contributed by atoms with Gasteiger partial charge in [0.15, 0.2) is 0 Å². The molecule has 2 N–H and O–H groups in total. The lowest BCUT2D eigenvalue weighted by Crippen LogP contribution is -2.40. The zero-order chi connectivity index (χ0) is 13.2. The Hall–Kier alpha value is -0.340. The minimum atomic E-state index is -3.96. The van der Waals surface area contributed by atoms with Crippen LogP contribution in [0.5, 0.6) is 0 Å². The van der Waals surface area contributed by atoms with Crippen LogP contribution in [0.1, 0.15) is 13.3 Å². The molecule has 0 radical (unpaired) electrons. The van der Waals surface area contributed by atoms with Gasteiger partial charge in [0.25, 0.3) is 0 Å². The van der Waals surface area contributed by atoms with Gasteiger partial charge in [0.2, 0.25) is 10.0 Å². The molecule has 17 heavy (non-hydrogen) atoms. The van der Waals surface area contributed by atoms with Crippen molar-refractivity contribution >= 4 is 50.5 Å². The van der Waals surface area contributed by atoms with Crippen LogP contribution < -0.4 is 4.72 Å². The number of rotatable bonds is 5. The maximum Gasteiger partial charge on any atom is 0.321 e. The Balaban J connectivity index is 3.04. The molecule has 1 heterocycles. The number of hydrogen-bond donors (Lipinski definition) is 2. The maximum absolute atomic E-state index is 11.8. The van der Waals surface area contributed by atoms with E-state index in [1.54, 1.807) is 6.92 Å². The van der Waals surface area contributed by atoms with Crippen LogP contribution in [0.2, 0.25) is 8.67 Å². The molecule has 0 bridgehead atoms. The lowest BCUT2D eigenvalue weighted by atomic mass is 10.2. The predicted molar refractivity (Wildman–Crippen MR) is 66.4 cm³/mol. The molecular formula is C8H9Cl2NO4S2. The number of hydrogen-bond acceptors (Lipinski definition) is 4. The SMILES string of the molecule is CCC(NS(=O)(=O)c1cc(Cl)sc1Cl)C(=O)O. The first-order valence-electron chi connectivity index (χ1n) is 4.48. The van der Waals surface area contributed by atoms with Crippen molar-refractivity contribution in [1.82, 2.24) is 4.72 Å². The predicted octanol–water partition coefficient (Wildman–Crippen LogP) is 2.20. The van der Waals surface area contributed by atoms with Crippen LogP contribution in [0.3, 0.4) is 0 Å². The molecule has 0 saturated heterocycles. The third-order valence-corrected chi connectivity index (χ3v) is 5.14. The molecule has 0 aliphatic rings. The van der Waals surface area contributed by atoms with Gasteiger partial charge in [-0.15, -0.1) is 11.3 Å². The number of carboxylic acid groups (broad SMARTS) is 1. The highest BCUT2D eigenvalue weighted by Gasteiger charge is 2.27. The monoisotopic (exact) mass is 317 g/mol. The number of carbonyl (C=O) groups is 1. The van der Waals surface area contributed by atoms with E-state index in [0.717, 1.165) is 11.3 Å². The molecule has 1 aromatic rings. The summed E-state index contributed by atoms with van der Waals surface area (Å²) in [6.45, 7) is 1.56. The van der Waals surface area contributed by atoms with Crippen molar-refractivity contribution in [3.05, 3.63) is 14.7 Å². The van der Waals surface area contributed by atoms with E-state index in [1.165, 1.54) is 6.07 Å². The quantitative estimate of drug-likeness (QED) is 0.872. The van der Waals surface area contributed by atoms with Crippen molar-refractivity contribution < 1.29 is 18.3 Å². The highest BCUT2D eigenvalue weighted by molar-refractivity contribution is 7.89. The van der Waals surface area contributed by atoms with Gasteiger partial charge in [-0.1, -0.05) is 30.1 Å². The van der Waals surface area contributed by atoms with Gasteiger partial charge in [0.1, 0.15) is 15.3 Å². The van der Waals surface area contributed by atoms with Crippen LogP contribution >= 0.6 is 34.5 Å². The fourth-order valence-electron chi connectivity index (χ4n) is 1.07. The molecule has 1 atom stereocenters. The zero-order valence-corrected chi connectivity index (χ0v) is 11.8. The summed E-state index contributed by atoms with van der Waals surface area (Å²) in [5, 5.41) is 8.77. The highest BCUT2D eigenvalue weighted by atomic mass is 35.5. The Labute approximate surface area is 112 Å². The standard InChI is InChI=1S/C8H9Cl2NO4S2/c1-2-4(8(12)13)11-17(14,15)5-3-6(9)16-7(5)10/h3-4,11H,2H2,1H3,(H,12,13). The van der Waals surface area contributed by atoms with E-state index >= 15 is 0 Å². The van der Waals surface area contributed by atoms with E-state index in [2.05, 4.69) is 0 Å². The van der Waals surface area contributed by atoms with Gasteiger partial charge in [-0.25, -0.2) is 8.42 Å². The largest absolute Gasteiger partial charge is 0.480 e. The second-order valence-corrected chi connectivity index (χ2v) is 7.08. The highest BCUT2D eigenvalue weighted by Crippen LogP contribution is 2.34. The Morgan fingerprint density at radius 1 is 1.59 bits per heavy atom. The van der Waals surface area contributed by atoms with Gasteiger partial charge < -0.3 is 5.11 Å². The summed E-state index contributed by atoms with van der Waals surface area (Å²) in [6, 6.07) is 0.000548. The minimum absolute atomic E-state index is 0.00254. The topological polar surface area (TPSA) is 83.5 Å². The lowest BCUT2D eigenvalue weighted by Gasteiger charge is -2.11. The average molecular weight is 318 g/mol. The van der Waals surface area contributed by atoms with Crippen molar-refractivity contribution in [2.24, 2.45) is 0 Å². The van der Waals surface area contributed by atoms with Crippen LogP contribution in [0.15, 0.2) is 11.0 Å². The van der Waals surface area contributed by atoms with Gasteiger partial charge in [0.05, 0.1) is 4.34 Å². The number of thiophene rings is 1. The number of carboxylic acids is 1. The second-order valence-electron chi connectivity index (χ2n) is 3.11. The van der Waals surface area contributed by atoms with E-state index in [9.17, 15) is 13.2 Å². The molecule has 0 aliphatic heterocycles. The van der Waals surface area contributed by atoms with E-state index in [0.29, 0.717) is 0 Å². The number of nitrogens with one attached hydrogen (secondary N) is 1. The summed E-state index contributed by atoms with van der Waals surface area (Å²) in [5.41, 5.74) is 0. The first-order valence-corrected chi connectivity index (χ1v) is 7.53. The van der Waals surface area contributed by atoms with Crippen LogP contribution in [-0.4, -0.2) is 25.5 Å². The molecule has 1 aromatic heterocycles. The second kappa shape index (κ2) is 5.53. The molecule has 0 aliphatic carbocycles. The smallest absolute Gasteiger partial charge is 0.321 e. The summed E-state index contributed by atoms with van der Waals surface area (Å²) >= 11 is 12.2. The summed E-state index contributed by atoms with van der Waals surface area (Å²) < 4.78 is 25.9. The first kappa shape index (κ1) is 14.7. The summed E-state index contributed by atoms with van der Waals surface area (Å²) in [4.78, 5) is 10.5. The molecule has 0 spiro atoms. The van der Waals surface area contributed by atoms with Gasteiger partial charge in [-0.3, -0.25) is 4.79 Å². The van der Waals surface area contributed by atoms with Crippen molar-refractivity contribution in [2.45, 2.75) is 24.3 Å². The van der Waals surface area contributed by atoms with Gasteiger partial charge in [-0.05, 0) is 12.5 Å². The molecule has 1 unspecified atom stereocenters. The number of aliphatic carboxylic acids is 1. The zero-order valence-electron chi connectivity index (χ0n) is 8.61. The summed E-state index contributed by atoms with van der Waals surface area (Å²) in [7, 11) is -3.96. The van der Waals surface area contributed by atoms with Crippen molar-refractivity contribution in [3.63, 3.8) is 0 Å². The molecule has 9 heteroatoms. The van der Waals surface area contributed by atoms with Gasteiger partial charge in [-0.2, -0.15) is 4.72 Å². The van der Waals surface area contributed by atoms with E-state index in [4.69, 9.17) is 28.3 Å². The molecule has 5 nitrogen and oxygen atoms in total. The van der Waals surface area contributed by atoms with Crippen molar-refractivity contribution in [2.75, 3.05) is 0 Å². The van der Waals surface area contributed by atoms with Crippen molar-refractivity contribution in [3.8, 4) is 0 Å². The van der Waals surface area contributed by atoms with Crippen LogP contribution in [0, 0.1) is 0 Å². The molecule has 0 amide bonds. The third kappa shape index (κ3) is 3.56. The molecule has 0 saturated carbocycles. The van der Waals surface area contributed by atoms with Gasteiger partial charge >= 0.3 is 5.97 Å². The van der Waals surface area contributed by atoms with Gasteiger partial charge in [0, 0.05) is 0 Å². The summed E-state index contributed by atoms with van der Waals surface area (Å²) in [6.07, 6.45) is 0.129. The molecule has 0 aromatic carbocycles. The Bertz CT molecular complexity index is 526. The normalized spacial score (nSPS) is 13.6. The molecular weight excluding hydrogens is 309 g/mol. The fraction of sp³-hybridized carbons (Fsp3) is 0.375. The van der Waals surface area contributed by atoms with E-state index in [1.807, 2.05) is 4.72 Å². The Kier molecular flexibility index (Phi) is 4.79. The lowest BCUT2D eigenvalue weighted by molar-refractivity contribution is -0.139. The van der Waals surface area contributed by atoms with Crippen LogP contribution in [0.4, 0.5) is 0 Å². The Morgan fingerprint density at radius 3 is 2.53 bits per heavy atom. The average Bonchev–Trinajstić information content (AvgIpc) is 2.54. The fourth-order valence-corrected chi connectivity index (χ4v) is 4.49. The molecule has 0 fully saturated rings. The van der Waals surface area contributed by atoms with E-state index in [-0.39, 0.29) is 20.0 Å². The summed E-state index contributed by atoms with van der Waals surface area (Å²) in [5.74, 6) is -1.24. The number of halogens is 2. The van der Waals surface area contributed by atoms with Crippen LogP contribution in [0.25, 0.3) is 0 Å². The molecule has 1 rings (SSSR count). The third-order valence-electron chi connectivity index (χ3n) is 1.92. The molecule has 96 valence electrons. The van der Waals surface area contributed by atoms with Crippen molar-refractivity contribution in [1.29, 1.82) is 0 Å². The van der Waals surface area contributed by atoms with Crippen LogP contribution in [-0.2, 0) is 14.8 Å². The van der Waals surface area contributed by atoms with E-state index < -0.39 is 22.0 Å². The minimum Gasteiger partial charge on any atom is -0.480 e. The number of sulfonamides is 1. The first-order chi connectivity index (χ1) is 7.77. The maximum atomic E-state index is 11.8.